The monoisotopic (exact) mass is 421 g/mol. The van der Waals surface area contributed by atoms with Gasteiger partial charge in [0.05, 0.1) is 10.4 Å². The Morgan fingerprint density at radius 2 is 1.63 bits per heavy atom. The SMILES string of the molecule is O=C(c1ccc2ccccc2n1)N1CCN(S(=O)(=O)c2ccc3c(c2)CCC3)CC1. The number of carbonyl (C=O) groups is 1. The van der Waals surface area contributed by atoms with E-state index in [4.69, 9.17) is 0 Å². The third kappa shape index (κ3) is 3.38. The molecular weight excluding hydrogens is 398 g/mol. The van der Waals surface area contributed by atoms with Gasteiger partial charge in [0.25, 0.3) is 5.91 Å². The number of amides is 1. The molecule has 2 aliphatic rings. The first-order valence-electron chi connectivity index (χ1n) is 10.3. The molecule has 30 heavy (non-hydrogen) atoms. The van der Waals surface area contributed by atoms with Crippen LogP contribution in [0.3, 0.4) is 0 Å². The highest BCUT2D eigenvalue weighted by Crippen LogP contribution is 2.27. The molecular formula is C23H23N3O3S. The first kappa shape index (κ1) is 19.2. The van der Waals surface area contributed by atoms with Gasteiger partial charge in [-0.25, -0.2) is 13.4 Å². The topological polar surface area (TPSA) is 70.6 Å². The Bertz CT molecular complexity index is 1230. The van der Waals surface area contributed by atoms with Crippen LogP contribution in [0, 0.1) is 0 Å². The Morgan fingerprint density at radius 3 is 2.47 bits per heavy atom. The lowest BCUT2D eigenvalue weighted by molar-refractivity contribution is 0.0692. The van der Waals surface area contributed by atoms with Gasteiger partial charge < -0.3 is 4.90 Å². The molecule has 1 amide bonds. The quantitative estimate of drug-likeness (QED) is 0.652. The first-order chi connectivity index (χ1) is 14.5. The van der Waals surface area contributed by atoms with Crippen LogP contribution in [0.1, 0.15) is 28.0 Å². The van der Waals surface area contributed by atoms with Crippen molar-refractivity contribution in [1.29, 1.82) is 0 Å². The number of fused-ring (bicyclic) bond motifs is 2. The molecule has 0 saturated carbocycles. The molecule has 0 spiro atoms. The second-order valence-corrected chi connectivity index (χ2v) is 9.81. The molecule has 3 aromatic rings. The molecule has 0 atom stereocenters. The molecule has 1 aromatic heterocycles. The smallest absolute Gasteiger partial charge is 0.272 e. The van der Waals surface area contributed by atoms with Crippen LogP contribution < -0.4 is 0 Å². The van der Waals surface area contributed by atoms with Gasteiger partial charge in [-0.2, -0.15) is 4.31 Å². The van der Waals surface area contributed by atoms with E-state index in [1.54, 1.807) is 17.0 Å². The molecule has 1 saturated heterocycles. The molecule has 0 bridgehead atoms. The molecule has 0 radical (unpaired) electrons. The third-order valence-electron chi connectivity index (χ3n) is 6.05. The summed E-state index contributed by atoms with van der Waals surface area (Å²) in [7, 11) is -3.55. The van der Waals surface area contributed by atoms with Gasteiger partial charge in [0, 0.05) is 31.6 Å². The maximum absolute atomic E-state index is 13.1. The van der Waals surface area contributed by atoms with Gasteiger partial charge in [0.15, 0.2) is 0 Å². The lowest BCUT2D eigenvalue weighted by Gasteiger charge is -2.34. The van der Waals surface area contributed by atoms with E-state index in [-0.39, 0.29) is 5.91 Å². The standard InChI is InChI=1S/C23H23N3O3S/c27-23(22-11-9-18-4-1-2-7-21(18)24-22)25-12-14-26(15-13-25)30(28,29)20-10-8-17-5-3-6-19(17)16-20/h1-2,4,7-11,16H,3,5-6,12-15H2. The summed E-state index contributed by atoms with van der Waals surface area (Å²) in [6.45, 7) is 1.30. The first-order valence-corrected chi connectivity index (χ1v) is 11.7. The number of benzene rings is 2. The van der Waals surface area contributed by atoms with E-state index in [0.717, 1.165) is 35.7 Å². The van der Waals surface area contributed by atoms with Crippen LogP contribution in [0.2, 0.25) is 0 Å². The molecule has 0 unspecified atom stereocenters. The number of pyridine rings is 1. The zero-order chi connectivity index (χ0) is 20.7. The average molecular weight is 422 g/mol. The summed E-state index contributed by atoms with van der Waals surface area (Å²) in [4.78, 5) is 19.4. The fourth-order valence-electron chi connectivity index (χ4n) is 4.34. The second kappa shape index (κ2) is 7.49. The number of piperazine rings is 1. The van der Waals surface area contributed by atoms with Crippen molar-refractivity contribution in [2.24, 2.45) is 0 Å². The second-order valence-electron chi connectivity index (χ2n) is 7.87. The molecule has 1 aliphatic heterocycles. The van der Waals surface area contributed by atoms with E-state index in [0.29, 0.717) is 36.8 Å². The maximum atomic E-state index is 13.1. The number of hydrogen-bond donors (Lipinski definition) is 0. The van der Waals surface area contributed by atoms with Crippen LogP contribution in [-0.4, -0.2) is 54.7 Å². The molecule has 0 N–H and O–H groups in total. The van der Waals surface area contributed by atoms with Crippen LogP contribution in [-0.2, 0) is 22.9 Å². The molecule has 7 heteroatoms. The van der Waals surface area contributed by atoms with Crippen LogP contribution in [0.5, 0.6) is 0 Å². The predicted molar refractivity (Wildman–Crippen MR) is 115 cm³/mol. The summed E-state index contributed by atoms with van der Waals surface area (Å²) < 4.78 is 27.7. The molecule has 2 aromatic carbocycles. The minimum atomic E-state index is -3.55. The normalized spacial score (nSPS) is 17.3. The van der Waals surface area contributed by atoms with Crippen LogP contribution >= 0.6 is 0 Å². The molecule has 1 fully saturated rings. The Morgan fingerprint density at radius 1 is 0.867 bits per heavy atom. The number of para-hydroxylation sites is 1. The fourth-order valence-corrected chi connectivity index (χ4v) is 5.81. The summed E-state index contributed by atoms with van der Waals surface area (Å²) in [5.74, 6) is -0.157. The Labute approximate surface area is 176 Å². The van der Waals surface area contributed by atoms with Gasteiger partial charge in [-0.15, -0.1) is 0 Å². The van der Waals surface area contributed by atoms with Gasteiger partial charge in [-0.3, -0.25) is 4.79 Å². The summed E-state index contributed by atoms with van der Waals surface area (Å²) in [5.41, 5.74) is 3.57. The number of aromatic nitrogens is 1. The van der Waals surface area contributed by atoms with Gasteiger partial charge in [0.2, 0.25) is 10.0 Å². The zero-order valence-corrected chi connectivity index (χ0v) is 17.4. The highest BCUT2D eigenvalue weighted by molar-refractivity contribution is 7.89. The lowest BCUT2D eigenvalue weighted by Crippen LogP contribution is -2.50. The van der Waals surface area contributed by atoms with Crippen molar-refractivity contribution in [3.63, 3.8) is 0 Å². The Hall–Kier alpha value is -2.77. The largest absolute Gasteiger partial charge is 0.335 e. The number of sulfonamides is 1. The van der Waals surface area contributed by atoms with E-state index in [1.807, 2.05) is 42.5 Å². The Kier molecular flexibility index (Phi) is 4.79. The number of carbonyl (C=O) groups excluding carboxylic acids is 1. The summed E-state index contributed by atoms with van der Waals surface area (Å²) in [6, 6.07) is 16.8. The average Bonchev–Trinajstić information content (AvgIpc) is 3.26. The van der Waals surface area contributed by atoms with E-state index in [9.17, 15) is 13.2 Å². The maximum Gasteiger partial charge on any atom is 0.272 e. The van der Waals surface area contributed by atoms with Crippen LogP contribution in [0.25, 0.3) is 10.9 Å². The van der Waals surface area contributed by atoms with Gasteiger partial charge >= 0.3 is 0 Å². The number of aryl methyl sites for hydroxylation is 2. The predicted octanol–water partition coefficient (Wildman–Crippen LogP) is 2.87. The highest BCUT2D eigenvalue weighted by Gasteiger charge is 2.31. The van der Waals surface area contributed by atoms with Gasteiger partial charge in [-0.05, 0) is 54.7 Å². The van der Waals surface area contributed by atoms with Crippen molar-refractivity contribution in [2.75, 3.05) is 26.2 Å². The number of hydrogen-bond acceptors (Lipinski definition) is 4. The summed E-state index contributed by atoms with van der Waals surface area (Å²) in [6.07, 6.45) is 3.06. The molecule has 1 aliphatic carbocycles. The van der Waals surface area contributed by atoms with Gasteiger partial charge in [-0.1, -0.05) is 30.3 Å². The van der Waals surface area contributed by atoms with Crippen molar-refractivity contribution in [1.82, 2.24) is 14.2 Å². The molecule has 154 valence electrons. The van der Waals surface area contributed by atoms with Crippen molar-refractivity contribution >= 4 is 26.8 Å². The minimum Gasteiger partial charge on any atom is -0.335 e. The van der Waals surface area contributed by atoms with E-state index in [1.165, 1.54) is 9.87 Å². The van der Waals surface area contributed by atoms with E-state index >= 15 is 0 Å². The van der Waals surface area contributed by atoms with Crippen LogP contribution in [0.15, 0.2) is 59.5 Å². The third-order valence-corrected chi connectivity index (χ3v) is 7.95. The van der Waals surface area contributed by atoms with Crippen molar-refractivity contribution < 1.29 is 13.2 Å². The Balaban J connectivity index is 1.30. The summed E-state index contributed by atoms with van der Waals surface area (Å²) in [5, 5.41) is 0.985. The molecule has 5 rings (SSSR count). The number of rotatable bonds is 3. The van der Waals surface area contributed by atoms with E-state index in [2.05, 4.69) is 4.98 Å². The van der Waals surface area contributed by atoms with Crippen molar-refractivity contribution in [2.45, 2.75) is 24.2 Å². The highest BCUT2D eigenvalue weighted by atomic mass is 32.2. The molecule has 6 nitrogen and oxygen atoms in total. The zero-order valence-electron chi connectivity index (χ0n) is 16.6. The van der Waals surface area contributed by atoms with Crippen molar-refractivity contribution in [3.05, 3.63) is 71.4 Å². The number of nitrogens with zero attached hydrogens (tertiary/aromatic N) is 3. The fraction of sp³-hybridized carbons (Fsp3) is 0.304. The van der Waals surface area contributed by atoms with Crippen molar-refractivity contribution in [3.8, 4) is 0 Å². The minimum absolute atomic E-state index is 0.157. The summed E-state index contributed by atoms with van der Waals surface area (Å²) >= 11 is 0. The van der Waals surface area contributed by atoms with Gasteiger partial charge in [0.1, 0.15) is 5.69 Å². The van der Waals surface area contributed by atoms with E-state index < -0.39 is 10.0 Å². The van der Waals surface area contributed by atoms with Crippen LogP contribution in [0.4, 0.5) is 0 Å². The molecule has 2 heterocycles. The lowest BCUT2D eigenvalue weighted by atomic mass is 10.1.